The molecule has 0 unspecified atom stereocenters. The molecule has 0 aliphatic rings. The van der Waals surface area contributed by atoms with Crippen molar-refractivity contribution in [2.24, 2.45) is 0 Å². The molecule has 0 radical (unpaired) electrons. The second-order valence-corrected chi connectivity index (χ2v) is 4.78. The molecule has 0 spiro atoms. The van der Waals surface area contributed by atoms with Gasteiger partial charge < -0.3 is 9.26 Å². The van der Waals surface area contributed by atoms with E-state index in [0.29, 0.717) is 22.8 Å². The van der Waals surface area contributed by atoms with Crippen molar-refractivity contribution in [2.75, 3.05) is 0 Å². The second-order valence-electron chi connectivity index (χ2n) is 4.37. The summed E-state index contributed by atoms with van der Waals surface area (Å²) < 4.78 is 10.9. The molecule has 0 N–H and O–H groups in total. The zero-order valence-electron chi connectivity index (χ0n) is 10.9. The van der Waals surface area contributed by atoms with E-state index in [1.165, 1.54) is 18.2 Å². The van der Waals surface area contributed by atoms with Crippen LogP contribution in [-0.2, 0) is 0 Å². The summed E-state index contributed by atoms with van der Waals surface area (Å²) >= 11 is 6.02. The lowest BCUT2D eigenvalue weighted by molar-refractivity contribution is -0.384. The van der Waals surface area contributed by atoms with Crippen molar-refractivity contribution in [3.63, 3.8) is 0 Å². The van der Waals surface area contributed by atoms with Crippen molar-refractivity contribution in [1.82, 2.24) is 5.16 Å². The van der Waals surface area contributed by atoms with Gasteiger partial charge in [0, 0.05) is 12.1 Å². The average molecular weight is 305 g/mol. The lowest BCUT2D eigenvalue weighted by atomic mass is 10.2. The van der Waals surface area contributed by atoms with Crippen LogP contribution in [-0.4, -0.2) is 10.1 Å². The number of aryl methyl sites for hydroxylation is 1. The molecule has 0 bridgehead atoms. The molecule has 3 rings (SSSR count). The standard InChI is InChI=1S/C14H9ClN2O4/c1-8-14-12(3-2-4-13(14)21-16-8)20-11-6-5-9(17(18)19)7-10(11)15/h2-7H,1H3. The predicted octanol–water partition coefficient (Wildman–Crippen LogP) is 4.49. The topological polar surface area (TPSA) is 78.4 Å². The van der Waals surface area contributed by atoms with E-state index in [-0.39, 0.29) is 10.7 Å². The molecule has 3 aromatic rings. The maximum atomic E-state index is 10.7. The Morgan fingerprint density at radius 2 is 2.10 bits per heavy atom. The SMILES string of the molecule is Cc1noc2cccc(Oc3ccc([N+](=O)[O-])cc3Cl)c12. The highest BCUT2D eigenvalue weighted by atomic mass is 35.5. The molecule has 0 saturated carbocycles. The van der Waals surface area contributed by atoms with Crippen LogP contribution < -0.4 is 4.74 Å². The zero-order valence-corrected chi connectivity index (χ0v) is 11.6. The molecule has 7 heteroatoms. The first-order valence-electron chi connectivity index (χ1n) is 6.03. The van der Waals surface area contributed by atoms with Crippen LogP contribution in [0.25, 0.3) is 11.0 Å². The zero-order chi connectivity index (χ0) is 15.0. The summed E-state index contributed by atoms with van der Waals surface area (Å²) in [4.78, 5) is 10.2. The number of halogens is 1. The van der Waals surface area contributed by atoms with Crippen LogP contribution in [0, 0.1) is 17.0 Å². The van der Waals surface area contributed by atoms with Gasteiger partial charge in [-0.05, 0) is 25.1 Å². The van der Waals surface area contributed by atoms with Crippen LogP contribution >= 0.6 is 11.6 Å². The van der Waals surface area contributed by atoms with Gasteiger partial charge in [-0.2, -0.15) is 0 Å². The fourth-order valence-electron chi connectivity index (χ4n) is 2.00. The number of non-ortho nitro benzene ring substituents is 1. The molecule has 106 valence electrons. The van der Waals surface area contributed by atoms with Gasteiger partial charge in [0.15, 0.2) is 5.58 Å². The van der Waals surface area contributed by atoms with Crippen molar-refractivity contribution in [3.05, 3.63) is 57.2 Å². The van der Waals surface area contributed by atoms with E-state index in [1.807, 2.05) is 0 Å². The quantitative estimate of drug-likeness (QED) is 0.526. The van der Waals surface area contributed by atoms with Gasteiger partial charge in [-0.25, -0.2) is 0 Å². The van der Waals surface area contributed by atoms with E-state index >= 15 is 0 Å². The Morgan fingerprint density at radius 3 is 2.81 bits per heavy atom. The number of hydrogen-bond donors (Lipinski definition) is 0. The molecule has 6 nitrogen and oxygen atoms in total. The van der Waals surface area contributed by atoms with E-state index in [9.17, 15) is 10.1 Å². The summed E-state index contributed by atoms with van der Waals surface area (Å²) in [5.41, 5.74) is 1.20. The van der Waals surface area contributed by atoms with Gasteiger partial charge in [-0.1, -0.05) is 22.8 Å². The first-order chi connectivity index (χ1) is 10.1. The normalized spacial score (nSPS) is 10.8. The van der Waals surface area contributed by atoms with Crippen LogP contribution in [0.15, 0.2) is 40.9 Å². The first-order valence-corrected chi connectivity index (χ1v) is 6.41. The van der Waals surface area contributed by atoms with Crippen LogP contribution in [0.2, 0.25) is 5.02 Å². The van der Waals surface area contributed by atoms with Crippen molar-refractivity contribution >= 4 is 28.3 Å². The highest BCUT2D eigenvalue weighted by Gasteiger charge is 2.14. The number of nitrogens with zero attached hydrogens (tertiary/aromatic N) is 2. The smallest absolute Gasteiger partial charge is 0.271 e. The summed E-state index contributed by atoms with van der Waals surface area (Å²) in [6.45, 7) is 1.80. The summed E-state index contributed by atoms with van der Waals surface area (Å²) in [6, 6.07) is 9.34. The summed E-state index contributed by atoms with van der Waals surface area (Å²) in [5.74, 6) is 0.859. The minimum absolute atomic E-state index is 0.0910. The van der Waals surface area contributed by atoms with Crippen LogP contribution in [0.1, 0.15) is 5.69 Å². The molecule has 0 aliphatic heterocycles. The van der Waals surface area contributed by atoms with Crippen molar-refractivity contribution < 1.29 is 14.2 Å². The van der Waals surface area contributed by atoms with E-state index in [2.05, 4.69) is 5.16 Å². The van der Waals surface area contributed by atoms with Crippen molar-refractivity contribution in [3.8, 4) is 11.5 Å². The fraction of sp³-hybridized carbons (Fsp3) is 0.0714. The molecule has 0 saturated heterocycles. The van der Waals surface area contributed by atoms with Gasteiger partial charge in [0.2, 0.25) is 0 Å². The Morgan fingerprint density at radius 1 is 1.29 bits per heavy atom. The molecule has 1 aromatic heterocycles. The number of hydrogen-bond acceptors (Lipinski definition) is 5. The molecule has 21 heavy (non-hydrogen) atoms. The molecule has 0 amide bonds. The van der Waals surface area contributed by atoms with Gasteiger partial charge in [0.05, 0.1) is 21.0 Å². The minimum Gasteiger partial charge on any atom is -0.455 e. The first kappa shape index (κ1) is 13.4. The lowest BCUT2D eigenvalue weighted by Gasteiger charge is -2.08. The molecule has 0 fully saturated rings. The number of aromatic nitrogens is 1. The molecular weight excluding hydrogens is 296 g/mol. The Balaban J connectivity index is 2.03. The van der Waals surface area contributed by atoms with E-state index in [0.717, 1.165) is 5.39 Å². The highest BCUT2D eigenvalue weighted by Crippen LogP contribution is 2.36. The third-order valence-electron chi connectivity index (χ3n) is 2.98. The fourth-order valence-corrected chi connectivity index (χ4v) is 2.21. The van der Waals surface area contributed by atoms with Gasteiger partial charge in [0.25, 0.3) is 5.69 Å². The van der Waals surface area contributed by atoms with Gasteiger partial charge >= 0.3 is 0 Å². The lowest BCUT2D eigenvalue weighted by Crippen LogP contribution is -1.90. The predicted molar refractivity (Wildman–Crippen MR) is 76.9 cm³/mol. The monoisotopic (exact) mass is 304 g/mol. The van der Waals surface area contributed by atoms with Gasteiger partial charge in [-0.15, -0.1) is 0 Å². The van der Waals surface area contributed by atoms with E-state index < -0.39 is 4.92 Å². The molecular formula is C14H9ClN2O4. The third-order valence-corrected chi connectivity index (χ3v) is 3.27. The molecule has 2 aromatic carbocycles. The molecule has 0 atom stereocenters. The summed E-state index contributed by atoms with van der Waals surface area (Å²) in [5, 5.41) is 15.5. The largest absolute Gasteiger partial charge is 0.455 e. The van der Waals surface area contributed by atoms with E-state index in [1.54, 1.807) is 25.1 Å². The van der Waals surface area contributed by atoms with Gasteiger partial charge in [-0.3, -0.25) is 10.1 Å². The Labute approximate surface area is 124 Å². The van der Waals surface area contributed by atoms with Gasteiger partial charge in [0.1, 0.15) is 11.5 Å². The summed E-state index contributed by atoms with van der Waals surface area (Å²) in [6.07, 6.45) is 0. The summed E-state index contributed by atoms with van der Waals surface area (Å²) in [7, 11) is 0. The Hall–Kier alpha value is -2.60. The number of rotatable bonds is 3. The maximum absolute atomic E-state index is 10.7. The molecule has 1 heterocycles. The van der Waals surface area contributed by atoms with Crippen molar-refractivity contribution in [1.29, 1.82) is 0 Å². The Bertz CT molecular complexity index is 844. The third kappa shape index (κ3) is 2.41. The Kier molecular flexibility index (Phi) is 3.23. The number of nitro benzene ring substituents is 1. The number of ether oxygens (including phenoxy) is 1. The second kappa shape index (κ2) is 5.06. The number of nitro groups is 1. The minimum atomic E-state index is -0.513. The van der Waals surface area contributed by atoms with E-state index in [4.69, 9.17) is 20.9 Å². The maximum Gasteiger partial charge on any atom is 0.271 e. The number of fused-ring (bicyclic) bond motifs is 1. The van der Waals surface area contributed by atoms with Crippen LogP contribution in [0.5, 0.6) is 11.5 Å². The van der Waals surface area contributed by atoms with Crippen LogP contribution in [0.4, 0.5) is 5.69 Å². The van der Waals surface area contributed by atoms with Crippen LogP contribution in [0.3, 0.4) is 0 Å². The highest BCUT2D eigenvalue weighted by molar-refractivity contribution is 6.32. The number of benzene rings is 2. The molecule has 0 aliphatic carbocycles. The average Bonchev–Trinajstić information content (AvgIpc) is 2.83. The van der Waals surface area contributed by atoms with Crippen molar-refractivity contribution in [2.45, 2.75) is 6.92 Å².